The summed E-state index contributed by atoms with van der Waals surface area (Å²) in [6.45, 7) is 0.118. The van der Waals surface area contributed by atoms with E-state index in [2.05, 4.69) is 5.32 Å². The molecule has 0 radical (unpaired) electrons. The number of furan rings is 1. The minimum absolute atomic E-state index is 0.0619. The van der Waals surface area contributed by atoms with Gasteiger partial charge in [-0.25, -0.2) is 9.18 Å². The van der Waals surface area contributed by atoms with Crippen molar-refractivity contribution in [1.29, 1.82) is 0 Å². The standard InChI is InChI=1S/C12H8Cl2FNO3/c13-8-3-6(4-9(14)11(8)15)16-5-10-7(12(17)18)1-2-19-10/h1-4,16H,5H2,(H,17,18). The number of nitrogens with one attached hydrogen (secondary N) is 1. The molecular formula is C12H8Cl2FNO3. The summed E-state index contributed by atoms with van der Waals surface area (Å²) < 4.78 is 18.3. The molecule has 7 heteroatoms. The number of carboxylic acid groups (broad SMARTS) is 1. The van der Waals surface area contributed by atoms with Crippen LogP contribution in [0.4, 0.5) is 10.1 Å². The van der Waals surface area contributed by atoms with E-state index in [0.717, 1.165) is 0 Å². The van der Waals surface area contributed by atoms with Gasteiger partial charge in [0.25, 0.3) is 0 Å². The van der Waals surface area contributed by atoms with E-state index in [1.165, 1.54) is 24.5 Å². The Morgan fingerprint density at radius 2 is 2.00 bits per heavy atom. The van der Waals surface area contributed by atoms with E-state index in [9.17, 15) is 9.18 Å². The molecule has 0 unspecified atom stereocenters. The van der Waals surface area contributed by atoms with Crippen LogP contribution in [0.1, 0.15) is 16.1 Å². The molecule has 0 saturated carbocycles. The Hall–Kier alpha value is -1.72. The molecule has 2 N–H and O–H groups in total. The van der Waals surface area contributed by atoms with Crippen molar-refractivity contribution < 1.29 is 18.7 Å². The zero-order chi connectivity index (χ0) is 14.0. The zero-order valence-corrected chi connectivity index (χ0v) is 10.9. The molecule has 0 aliphatic heterocycles. The minimum atomic E-state index is -1.08. The van der Waals surface area contributed by atoms with Gasteiger partial charge in [-0.05, 0) is 18.2 Å². The first-order valence-corrected chi connectivity index (χ1v) is 5.92. The molecule has 4 nitrogen and oxygen atoms in total. The van der Waals surface area contributed by atoms with Crippen LogP contribution >= 0.6 is 23.2 Å². The van der Waals surface area contributed by atoms with Crippen molar-refractivity contribution >= 4 is 34.9 Å². The van der Waals surface area contributed by atoms with Crippen molar-refractivity contribution in [2.75, 3.05) is 5.32 Å². The van der Waals surface area contributed by atoms with Gasteiger partial charge in [-0.3, -0.25) is 0 Å². The molecule has 100 valence electrons. The van der Waals surface area contributed by atoms with E-state index in [1.54, 1.807) is 0 Å². The van der Waals surface area contributed by atoms with Gasteiger partial charge in [0.05, 0.1) is 22.9 Å². The summed E-state index contributed by atoms with van der Waals surface area (Å²) in [5.74, 6) is -1.53. The van der Waals surface area contributed by atoms with Gasteiger partial charge < -0.3 is 14.8 Å². The topological polar surface area (TPSA) is 62.5 Å². The average Bonchev–Trinajstić information content (AvgIpc) is 2.81. The lowest BCUT2D eigenvalue weighted by molar-refractivity contribution is 0.0694. The van der Waals surface area contributed by atoms with Crippen LogP contribution in [0.5, 0.6) is 0 Å². The molecular weight excluding hydrogens is 296 g/mol. The van der Waals surface area contributed by atoms with E-state index in [1.807, 2.05) is 0 Å². The molecule has 0 amide bonds. The van der Waals surface area contributed by atoms with Crippen molar-refractivity contribution in [3.05, 3.63) is 51.6 Å². The quantitative estimate of drug-likeness (QED) is 0.837. The fourth-order valence-corrected chi connectivity index (χ4v) is 2.00. The van der Waals surface area contributed by atoms with Gasteiger partial charge in [0, 0.05) is 5.69 Å². The summed E-state index contributed by atoms with van der Waals surface area (Å²) >= 11 is 11.3. The molecule has 0 aliphatic rings. The first-order valence-electron chi connectivity index (χ1n) is 5.17. The third-order valence-electron chi connectivity index (χ3n) is 2.41. The Bertz CT molecular complexity index is 604. The Kier molecular flexibility index (Phi) is 3.97. The second-order valence-electron chi connectivity index (χ2n) is 3.67. The Balaban J connectivity index is 2.15. The predicted molar refractivity (Wildman–Crippen MR) is 69.4 cm³/mol. The number of rotatable bonds is 4. The molecule has 1 aromatic carbocycles. The number of benzene rings is 1. The second kappa shape index (κ2) is 5.50. The lowest BCUT2D eigenvalue weighted by atomic mass is 10.2. The molecule has 0 spiro atoms. The fourth-order valence-electron chi connectivity index (χ4n) is 1.51. The fraction of sp³-hybridized carbons (Fsp3) is 0.0833. The summed E-state index contributed by atoms with van der Waals surface area (Å²) in [6.07, 6.45) is 1.28. The maximum Gasteiger partial charge on any atom is 0.339 e. The van der Waals surface area contributed by atoms with Gasteiger partial charge in [-0.2, -0.15) is 0 Å². The van der Waals surface area contributed by atoms with Crippen molar-refractivity contribution in [2.24, 2.45) is 0 Å². The summed E-state index contributed by atoms with van der Waals surface area (Å²) in [5, 5.41) is 11.5. The number of hydrogen-bond donors (Lipinski definition) is 2. The molecule has 0 saturated heterocycles. The molecule has 0 fully saturated rings. The van der Waals surface area contributed by atoms with E-state index < -0.39 is 11.8 Å². The highest BCUT2D eigenvalue weighted by molar-refractivity contribution is 6.35. The Labute approximate surface area is 117 Å². The van der Waals surface area contributed by atoms with Crippen LogP contribution in [0.25, 0.3) is 0 Å². The average molecular weight is 304 g/mol. The SMILES string of the molecule is O=C(O)c1ccoc1CNc1cc(Cl)c(F)c(Cl)c1. The zero-order valence-electron chi connectivity index (χ0n) is 9.41. The highest BCUT2D eigenvalue weighted by atomic mass is 35.5. The van der Waals surface area contributed by atoms with Gasteiger partial charge in [0.1, 0.15) is 11.3 Å². The number of carboxylic acids is 1. The lowest BCUT2D eigenvalue weighted by Gasteiger charge is -2.07. The van der Waals surface area contributed by atoms with Crippen molar-refractivity contribution in [2.45, 2.75) is 6.54 Å². The molecule has 0 bridgehead atoms. The molecule has 19 heavy (non-hydrogen) atoms. The Morgan fingerprint density at radius 1 is 1.37 bits per heavy atom. The monoisotopic (exact) mass is 303 g/mol. The number of halogens is 3. The predicted octanol–water partition coefficient (Wildman–Crippen LogP) is 4.04. The van der Waals surface area contributed by atoms with E-state index in [0.29, 0.717) is 5.69 Å². The normalized spacial score (nSPS) is 10.5. The van der Waals surface area contributed by atoms with E-state index >= 15 is 0 Å². The third-order valence-corrected chi connectivity index (χ3v) is 2.96. The highest BCUT2D eigenvalue weighted by Gasteiger charge is 2.13. The van der Waals surface area contributed by atoms with Crippen LogP contribution in [0.15, 0.2) is 28.9 Å². The maximum absolute atomic E-state index is 13.2. The van der Waals surface area contributed by atoms with Crippen LogP contribution in [0, 0.1) is 5.82 Å². The summed E-state index contributed by atoms with van der Waals surface area (Å²) in [4.78, 5) is 10.9. The van der Waals surface area contributed by atoms with Crippen LogP contribution in [-0.2, 0) is 6.54 Å². The molecule has 2 rings (SSSR count). The first-order chi connectivity index (χ1) is 8.99. The van der Waals surface area contributed by atoms with Crippen LogP contribution in [-0.4, -0.2) is 11.1 Å². The lowest BCUT2D eigenvalue weighted by Crippen LogP contribution is -2.04. The molecule has 0 atom stereocenters. The largest absolute Gasteiger partial charge is 0.478 e. The van der Waals surface area contributed by atoms with Crippen molar-refractivity contribution in [1.82, 2.24) is 0 Å². The number of carbonyl (C=O) groups is 1. The first kappa shape index (κ1) is 13.7. The molecule has 1 aromatic heterocycles. The highest BCUT2D eigenvalue weighted by Crippen LogP contribution is 2.27. The maximum atomic E-state index is 13.2. The van der Waals surface area contributed by atoms with E-state index in [4.69, 9.17) is 32.7 Å². The molecule has 2 aromatic rings. The van der Waals surface area contributed by atoms with Gasteiger partial charge in [-0.1, -0.05) is 23.2 Å². The van der Waals surface area contributed by atoms with Crippen molar-refractivity contribution in [3.63, 3.8) is 0 Å². The van der Waals surface area contributed by atoms with Gasteiger partial charge in [0.2, 0.25) is 0 Å². The van der Waals surface area contributed by atoms with E-state index in [-0.39, 0.29) is 27.9 Å². The van der Waals surface area contributed by atoms with Crippen LogP contribution < -0.4 is 5.32 Å². The summed E-state index contributed by atoms with van der Waals surface area (Å²) in [6, 6.07) is 4.06. The molecule has 0 aliphatic carbocycles. The van der Waals surface area contributed by atoms with Crippen LogP contribution in [0.2, 0.25) is 10.0 Å². The smallest absolute Gasteiger partial charge is 0.339 e. The van der Waals surface area contributed by atoms with Gasteiger partial charge in [0.15, 0.2) is 5.82 Å². The minimum Gasteiger partial charge on any atom is -0.478 e. The number of hydrogen-bond acceptors (Lipinski definition) is 3. The summed E-state index contributed by atoms with van der Waals surface area (Å²) in [7, 11) is 0. The van der Waals surface area contributed by atoms with Crippen molar-refractivity contribution in [3.8, 4) is 0 Å². The second-order valence-corrected chi connectivity index (χ2v) is 4.48. The van der Waals surface area contributed by atoms with Crippen LogP contribution in [0.3, 0.4) is 0 Å². The summed E-state index contributed by atoms with van der Waals surface area (Å²) in [5.41, 5.74) is 0.524. The Morgan fingerprint density at radius 3 is 2.58 bits per heavy atom. The van der Waals surface area contributed by atoms with Gasteiger partial charge >= 0.3 is 5.97 Å². The third kappa shape index (κ3) is 3.00. The number of aromatic carboxylic acids is 1. The van der Waals surface area contributed by atoms with Gasteiger partial charge in [-0.15, -0.1) is 0 Å². The number of anilines is 1. The molecule has 1 heterocycles.